The van der Waals surface area contributed by atoms with Gasteiger partial charge in [-0.1, -0.05) is 26.7 Å². The lowest BCUT2D eigenvalue weighted by Gasteiger charge is -2.35. The normalized spacial score (nSPS) is 26.5. The molecule has 88 valence electrons. The average Bonchev–Trinajstić information content (AvgIpc) is 2.18. The largest absolute Gasteiger partial charge is 0.335 e. The van der Waals surface area contributed by atoms with E-state index in [0.717, 1.165) is 6.42 Å². The van der Waals surface area contributed by atoms with Crippen molar-refractivity contribution in [3.63, 3.8) is 0 Å². The van der Waals surface area contributed by atoms with Crippen LogP contribution in [0.4, 0.5) is 4.79 Å². The van der Waals surface area contributed by atoms with Crippen LogP contribution in [0.25, 0.3) is 0 Å². The van der Waals surface area contributed by atoms with Crippen LogP contribution in [-0.4, -0.2) is 31.1 Å². The fraction of sp³-hybridized carbons (Fsp3) is 0.917. The summed E-state index contributed by atoms with van der Waals surface area (Å²) in [6, 6.07) is 0.432. The van der Waals surface area contributed by atoms with Gasteiger partial charge in [-0.05, 0) is 24.7 Å². The summed E-state index contributed by atoms with van der Waals surface area (Å²) < 4.78 is 0. The maximum Gasteiger partial charge on any atom is 0.317 e. The maximum absolute atomic E-state index is 11.6. The van der Waals surface area contributed by atoms with E-state index in [0.29, 0.717) is 17.9 Å². The second kappa shape index (κ2) is 5.38. The number of hydrogen-bond acceptors (Lipinski definition) is 1. The van der Waals surface area contributed by atoms with Gasteiger partial charge in [0.25, 0.3) is 0 Å². The third kappa shape index (κ3) is 3.40. The van der Waals surface area contributed by atoms with Crippen molar-refractivity contribution in [1.82, 2.24) is 10.2 Å². The van der Waals surface area contributed by atoms with E-state index in [1.54, 1.807) is 19.0 Å². The summed E-state index contributed by atoms with van der Waals surface area (Å²) in [7, 11) is 3.59. The molecule has 0 radical (unpaired) electrons. The summed E-state index contributed by atoms with van der Waals surface area (Å²) in [6.07, 6.45) is 4.97. The predicted molar refractivity (Wildman–Crippen MR) is 62.8 cm³/mol. The van der Waals surface area contributed by atoms with Gasteiger partial charge in [0.05, 0.1) is 0 Å². The fourth-order valence-electron chi connectivity index (χ4n) is 2.42. The van der Waals surface area contributed by atoms with E-state index in [4.69, 9.17) is 0 Å². The van der Waals surface area contributed by atoms with Crippen LogP contribution in [0.2, 0.25) is 0 Å². The molecule has 1 N–H and O–H groups in total. The zero-order valence-electron chi connectivity index (χ0n) is 10.4. The molecular weight excluding hydrogens is 188 g/mol. The van der Waals surface area contributed by atoms with Crippen molar-refractivity contribution in [3.8, 4) is 0 Å². The number of carbonyl (C=O) groups is 1. The van der Waals surface area contributed by atoms with Crippen molar-refractivity contribution < 1.29 is 4.79 Å². The summed E-state index contributed by atoms with van der Waals surface area (Å²) in [5.74, 6) is 1.32. The zero-order chi connectivity index (χ0) is 11.4. The molecule has 1 aliphatic carbocycles. The van der Waals surface area contributed by atoms with Gasteiger partial charge in [-0.25, -0.2) is 4.79 Å². The Morgan fingerprint density at radius 2 is 1.87 bits per heavy atom. The summed E-state index contributed by atoms with van der Waals surface area (Å²) in [6.45, 7) is 4.51. The lowest BCUT2D eigenvalue weighted by molar-refractivity contribution is 0.179. The third-order valence-corrected chi connectivity index (χ3v) is 3.39. The molecule has 0 unspecified atom stereocenters. The van der Waals surface area contributed by atoms with Crippen LogP contribution in [0.15, 0.2) is 0 Å². The summed E-state index contributed by atoms with van der Waals surface area (Å²) in [5.41, 5.74) is 0. The highest BCUT2D eigenvalue weighted by Crippen LogP contribution is 2.30. The molecule has 0 aromatic rings. The van der Waals surface area contributed by atoms with E-state index in [2.05, 4.69) is 19.2 Å². The molecule has 15 heavy (non-hydrogen) atoms. The van der Waals surface area contributed by atoms with Crippen molar-refractivity contribution >= 4 is 6.03 Å². The number of rotatable bonds is 2. The highest BCUT2D eigenvalue weighted by molar-refractivity contribution is 5.73. The predicted octanol–water partition coefficient (Wildman–Crippen LogP) is 2.47. The quantitative estimate of drug-likeness (QED) is 0.749. The van der Waals surface area contributed by atoms with Gasteiger partial charge in [-0.3, -0.25) is 0 Å². The molecule has 0 heterocycles. The number of urea groups is 1. The van der Waals surface area contributed by atoms with Crippen LogP contribution >= 0.6 is 0 Å². The highest BCUT2D eigenvalue weighted by Gasteiger charge is 2.28. The van der Waals surface area contributed by atoms with Gasteiger partial charge >= 0.3 is 6.03 Å². The molecule has 0 spiro atoms. The van der Waals surface area contributed by atoms with Crippen LogP contribution in [0.3, 0.4) is 0 Å². The number of nitrogens with zero attached hydrogens (tertiary/aromatic N) is 1. The van der Waals surface area contributed by atoms with E-state index in [1.165, 1.54) is 19.3 Å². The minimum absolute atomic E-state index is 0.0487. The number of carbonyl (C=O) groups excluding carboxylic acids is 1. The second-order valence-corrected chi connectivity index (χ2v) is 5.14. The smallest absolute Gasteiger partial charge is 0.317 e. The first-order chi connectivity index (χ1) is 7.02. The molecule has 0 bridgehead atoms. The minimum Gasteiger partial charge on any atom is -0.335 e. The van der Waals surface area contributed by atoms with Crippen molar-refractivity contribution in [3.05, 3.63) is 0 Å². The van der Waals surface area contributed by atoms with Gasteiger partial charge in [0, 0.05) is 20.1 Å². The summed E-state index contributed by atoms with van der Waals surface area (Å²) in [5, 5.41) is 3.14. The lowest BCUT2D eigenvalue weighted by Crippen LogP contribution is -2.47. The second-order valence-electron chi connectivity index (χ2n) is 5.14. The monoisotopic (exact) mass is 212 g/mol. The zero-order valence-corrected chi connectivity index (χ0v) is 10.4. The van der Waals surface area contributed by atoms with Crippen LogP contribution in [0, 0.1) is 11.8 Å². The molecule has 3 heteroatoms. The minimum atomic E-state index is 0.0487. The van der Waals surface area contributed by atoms with E-state index >= 15 is 0 Å². The van der Waals surface area contributed by atoms with E-state index in [-0.39, 0.29) is 6.03 Å². The lowest BCUT2D eigenvalue weighted by atomic mass is 9.78. The van der Waals surface area contributed by atoms with Crippen LogP contribution in [-0.2, 0) is 0 Å². The molecule has 0 aliphatic heterocycles. The Morgan fingerprint density at radius 3 is 2.40 bits per heavy atom. The molecule has 1 rings (SSSR count). The Hall–Kier alpha value is -0.730. The van der Waals surface area contributed by atoms with Gasteiger partial charge in [0.15, 0.2) is 0 Å². The van der Waals surface area contributed by atoms with E-state index in [9.17, 15) is 4.79 Å². The van der Waals surface area contributed by atoms with Crippen molar-refractivity contribution in [2.24, 2.45) is 11.8 Å². The van der Waals surface area contributed by atoms with Crippen molar-refractivity contribution in [2.75, 3.05) is 14.1 Å². The molecular formula is C12H24N2O. The maximum atomic E-state index is 11.6. The topological polar surface area (TPSA) is 32.3 Å². The average molecular weight is 212 g/mol. The number of hydrogen-bond donors (Lipinski definition) is 1. The number of amides is 2. The Bertz CT molecular complexity index is 214. The first-order valence-electron chi connectivity index (χ1n) is 6.00. The SMILES string of the molecule is CC(C)[C@@H]1CCCC[C@H]1NC(=O)N(C)C. The summed E-state index contributed by atoms with van der Waals surface area (Å²) in [4.78, 5) is 13.2. The molecule has 2 amide bonds. The molecule has 3 nitrogen and oxygen atoms in total. The van der Waals surface area contributed by atoms with Crippen LogP contribution in [0.1, 0.15) is 39.5 Å². The Kier molecular flexibility index (Phi) is 4.43. The molecule has 0 aromatic heterocycles. The first-order valence-corrected chi connectivity index (χ1v) is 6.00. The van der Waals surface area contributed by atoms with E-state index in [1.807, 2.05) is 0 Å². The Balaban J connectivity index is 2.53. The molecule has 1 fully saturated rings. The first kappa shape index (κ1) is 12.3. The standard InChI is InChI=1S/C12H24N2O/c1-9(2)10-7-5-6-8-11(10)13-12(15)14(3)4/h9-11H,5-8H2,1-4H3,(H,13,15)/t10-,11+/m0/s1. The fourth-order valence-corrected chi connectivity index (χ4v) is 2.42. The number of nitrogens with one attached hydrogen (secondary N) is 1. The van der Waals surface area contributed by atoms with Gasteiger partial charge in [-0.2, -0.15) is 0 Å². The van der Waals surface area contributed by atoms with Gasteiger partial charge in [0.1, 0.15) is 0 Å². The van der Waals surface area contributed by atoms with Crippen LogP contribution in [0.5, 0.6) is 0 Å². The van der Waals surface area contributed by atoms with Crippen molar-refractivity contribution in [1.29, 1.82) is 0 Å². The van der Waals surface area contributed by atoms with Gasteiger partial charge in [-0.15, -0.1) is 0 Å². The molecule has 0 saturated heterocycles. The van der Waals surface area contributed by atoms with Gasteiger partial charge in [0.2, 0.25) is 0 Å². The van der Waals surface area contributed by atoms with Crippen LogP contribution < -0.4 is 5.32 Å². The molecule has 1 aliphatic rings. The van der Waals surface area contributed by atoms with Gasteiger partial charge < -0.3 is 10.2 Å². The highest BCUT2D eigenvalue weighted by atomic mass is 16.2. The van der Waals surface area contributed by atoms with Crippen molar-refractivity contribution in [2.45, 2.75) is 45.6 Å². The third-order valence-electron chi connectivity index (χ3n) is 3.39. The Labute approximate surface area is 93.2 Å². The molecule has 2 atom stereocenters. The Morgan fingerprint density at radius 1 is 1.27 bits per heavy atom. The summed E-state index contributed by atoms with van der Waals surface area (Å²) >= 11 is 0. The molecule has 0 aromatic carbocycles. The van der Waals surface area contributed by atoms with E-state index < -0.39 is 0 Å². The molecule has 1 saturated carbocycles.